The van der Waals surface area contributed by atoms with Gasteiger partial charge in [-0.1, -0.05) is 26.7 Å². The van der Waals surface area contributed by atoms with E-state index in [4.69, 9.17) is 0 Å². The van der Waals surface area contributed by atoms with E-state index in [1.807, 2.05) is 0 Å². The summed E-state index contributed by atoms with van der Waals surface area (Å²) in [5.74, 6) is -0.213. The van der Waals surface area contributed by atoms with Crippen molar-refractivity contribution in [2.24, 2.45) is 0 Å². The number of hydrogen-bond donors (Lipinski definition) is 1. The average molecular weight is 406 g/mol. The average Bonchev–Trinajstić information content (AvgIpc) is 2.96. The van der Waals surface area contributed by atoms with Crippen LogP contribution in [0.15, 0.2) is 34.0 Å². The highest BCUT2D eigenvalue weighted by atomic mass is 32.2. The molecule has 1 aromatic carbocycles. The van der Waals surface area contributed by atoms with Crippen LogP contribution in [0.2, 0.25) is 0 Å². The smallest absolute Gasteiger partial charge is 0.254 e. The minimum atomic E-state index is -3.66. The number of aromatic nitrogens is 1. The number of benzene rings is 1. The first kappa shape index (κ1) is 20.5. The number of pyridine rings is 1. The fraction of sp³-hybridized carbons (Fsp3) is 0.500. The lowest BCUT2D eigenvalue weighted by Crippen LogP contribution is -2.33. The molecule has 1 fully saturated rings. The quantitative estimate of drug-likeness (QED) is 0.828. The highest BCUT2D eigenvalue weighted by Gasteiger charge is 2.24. The van der Waals surface area contributed by atoms with Crippen LogP contribution < -0.4 is 5.56 Å². The first-order chi connectivity index (χ1) is 13.4. The number of fused-ring (bicyclic) bond motifs is 1. The zero-order valence-electron chi connectivity index (χ0n) is 16.4. The molecule has 0 atom stereocenters. The molecule has 1 N–H and O–H groups in total. The maximum Gasteiger partial charge on any atom is 0.254 e. The fourth-order valence-corrected chi connectivity index (χ4v) is 5.21. The third-order valence-electron chi connectivity index (χ3n) is 5.28. The van der Waals surface area contributed by atoms with Crippen LogP contribution in [-0.2, 0) is 10.0 Å². The van der Waals surface area contributed by atoms with Crippen LogP contribution in [0, 0.1) is 0 Å². The Hall–Kier alpha value is -2.19. The number of nitrogens with one attached hydrogen (secondary N) is 1. The number of carbonyl (C=O) groups is 1. The van der Waals surface area contributed by atoms with Gasteiger partial charge in [-0.3, -0.25) is 9.59 Å². The van der Waals surface area contributed by atoms with E-state index in [1.165, 1.54) is 22.5 Å². The van der Waals surface area contributed by atoms with Crippen molar-refractivity contribution < 1.29 is 13.2 Å². The number of nitrogens with zero attached hydrogens (tertiary/aromatic N) is 2. The molecule has 152 valence electrons. The number of carbonyl (C=O) groups excluding carboxylic acids is 1. The van der Waals surface area contributed by atoms with Gasteiger partial charge in [0.25, 0.3) is 5.91 Å². The third kappa shape index (κ3) is 3.98. The summed E-state index contributed by atoms with van der Waals surface area (Å²) in [5.41, 5.74) is 0.353. The number of rotatable bonds is 5. The minimum Gasteiger partial charge on any atom is -0.339 e. The molecular formula is C20H27N3O4S. The standard InChI is InChI=1S/C20H27N3O4S/c1-3-23(4-2)28(26,27)15-9-10-18-16(13-15)17(14-19(24)21-18)20(25)22-11-7-5-6-8-12-22/h9-10,13-14H,3-8,11-12H2,1-2H3,(H,21,24). The van der Waals surface area contributed by atoms with Crippen molar-refractivity contribution in [3.63, 3.8) is 0 Å². The first-order valence-corrected chi connectivity index (χ1v) is 11.3. The first-order valence-electron chi connectivity index (χ1n) is 9.85. The number of aromatic amines is 1. The molecule has 1 aliphatic rings. The summed E-state index contributed by atoms with van der Waals surface area (Å²) < 4.78 is 27.2. The van der Waals surface area contributed by atoms with Gasteiger partial charge in [0.1, 0.15) is 0 Å². The van der Waals surface area contributed by atoms with Crippen molar-refractivity contribution in [2.45, 2.75) is 44.4 Å². The summed E-state index contributed by atoms with van der Waals surface area (Å²) in [6, 6.07) is 5.83. The highest BCUT2D eigenvalue weighted by molar-refractivity contribution is 7.89. The lowest BCUT2D eigenvalue weighted by Gasteiger charge is -2.22. The fourth-order valence-electron chi connectivity index (χ4n) is 3.73. The Labute approximate surface area is 165 Å². The Morgan fingerprint density at radius 3 is 2.32 bits per heavy atom. The summed E-state index contributed by atoms with van der Waals surface area (Å²) in [6.45, 7) is 5.61. The molecule has 0 radical (unpaired) electrons. The molecule has 0 spiro atoms. The zero-order valence-corrected chi connectivity index (χ0v) is 17.2. The van der Waals surface area contributed by atoms with Crippen molar-refractivity contribution in [1.29, 1.82) is 0 Å². The molecule has 0 saturated carbocycles. The molecule has 28 heavy (non-hydrogen) atoms. The Balaban J connectivity index is 2.12. The molecule has 1 aromatic heterocycles. The van der Waals surface area contributed by atoms with E-state index >= 15 is 0 Å². The predicted octanol–water partition coefficient (Wildman–Crippen LogP) is 2.57. The van der Waals surface area contributed by atoms with Crippen molar-refractivity contribution in [3.05, 3.63) is 40.2 Å². The van der Waals surface area contributed by atoms with Gasteiger partial charge in [-0.15, -0.1) is 0 Å². The van der Waals surface area contributed by atoms with Crippen molar-refractivity contribution in [3.8, 4) is 0 Å². The molecule has 2 heterocycles. The van der Waals surface area contributed by atoms with Gasteiger partial charge < -0.3 is 9.88 Å². The van der Waals surface area contributed by atoms with Gasteiger partial charge in [-0.2, -0.15) is 4.31 Å². The molecule has 0 aliphatic carbocycles. The third-order valence-corrected chi connectivity index (χ3v) is 7.33. The second-order valence-electron chi connectivity index (χ2n) is 7.05. The van der Waals surface area contributed by atoms with Crippen LogP contribution in [0.3, 0.4) is 0 Å². The number of hydrogen-bond acceptors (Lipinski definition) is 4. The summed E-state index contributed by atoms with van der Waals surface area (Å²) in [5, 5.41) is 0.460. The van der Waals surface area contributed by atoms with Gasteiger partial charge in [0.05, 0.1) is 10.5 Å². The summed E-state index contributed by atoms with van der Waals surface area (Å²) in [4.78, 5) is 29.8. The van der Waals surface area contributed by atoms with E-state index in [2.05, 4.69) is 4.98 Å². The molecule has 1 aliphatic heterocycles. The van der Waals surface area contributed by atoms with Gasteiger partial charge in [-0.05, 0) is 31.0 Å². The molecule has 0 bridgehead atoms. The highest BCUT2D eigenvalue weighted by Crippen LogP contribution is 2.24. The Morgan fingerprint density at radius 1 is 1.07 bits per heavy atom. The van der Waals surface area contributed by atoms with Crippen LogP contribution in [0.4, 0.5) is 0 Å². The molecule has 2 aromatic rings. The van der Waals surface area contributed by atoms with Crippen LogP contribution in [0.25, 0.3) is 10.9 Å². The molecular weight excluding hydrogens is 378 g/mol. The molecule has 1 amide bonds. The largest absolute Gasteiger partial charge is 0.339 e. The van der Waals surface area contributed by atoms with Gasteiger partial charge in [-0.25, -0.2) is 8.42 Å². The monoisotopic (exact) mass is 405 g/mol. The molecule has 7 nitrogen and oxygen atoms in total. The van der Waals surface area contributed by atoms with Crippen LogP contribution in [0.1, 0.15) is 49.9 Å². The Kier molecular flexibility index (Phi) is 6.20. The van der Waals surface area contributed by atoms with E-state index in [-0.39, 0.29) is 21.9 Å². The van der Waals surface area contributed by atoms with Crippen LogP contribution in [-0.4, -0.2) is 54.7 Å². The van der Waals surface area contributed by atoms with Gasteiger partial charge in [0.2, 0.25) is 15.6 Å². The zero-order chi connectivity index (χ0) is 20.3. The van der Waals surface area contributed by atoms with Crippen molar-refractivity contribution >= 4 is 26.8 Å². The number of sulfonamides is 1. The maximum absolute atomic E-state index is 13.1. The Morgan fingerprint density at radius 2 is 1.71 bits per heavy atom. The molecule has 8 heteroatoms. The van der Waals surface area contributed by atoms with E-state index < -0.39 is 10.0 Å². The van der Waals surface area contributed by atoms with Gasteiger partial charge in [0, 0.05) is 43.1 Å². The normalized spacial score (nSPS) is 15.8. The number of H-pyrrole nitrogens is 1. The predicted molar refractivity (Wildman–Crippen MR) is 109 cm³/mol. The number of likely N-dealkylation sites (tertiary alicyclic amines) is 1. The van der Waals surface area contributed by atoms with Crippen molar-refractivity contribution in [1.82, 2.24) is 14.2 Å². The van der Waals surface area contributed by atoms with E-state index in [1.54, 1.807) is 24.8 Å². The van der Waals surface area contributed by atoms with Crippen LogP contribution >= 0.6 is 0 Å². The van der Waals surface area contributed by atoms with E-state index in [0.29, 0.717) is 37.1 Å². The number of amides is 1. The lowest BCUT2D eigenvalue weighted by atomic mass is 10.1. The summed E-state index contributed by atoms with van der Waals surface area (Å²) in [6.07, 6.45) is 4.06. The topological polar surface area (TPSA) is 90.5 Å². The second kappa shape index (κ2) is 8.45. The second-order valence-corrected chi connectivity index (χ2v) is 8.99. The lowest BCUT2D eigenvalue weighted by molar-refractivity contribution is 0.0763. The van der Waals surface area contributed by atoms with Gasteiger partial charge in [0.15, 0.2) is 0 Å². The molecule has 3 rings (SSSR count). The van der Waals surface area contributed by atoms with Crippen LogP contribution in [0.5, 0.6) is 0 Å². The van der Waals surface area contributed by atoms with E-state index in [0.717, 1.165) is 25.7 Å². The SMILES string of the molecule is CCN(CC)S(=O)(=O)c1ccc2[nH]c(=O)cc(C(=O)N3CCCCCC3)c2c1. The molecule has 0 unspecified atom stereocenters. The van der Waals surface area contributed by atoms with Crippen molar-refractivity contribution in [2.75, 3.05) is 26.2 Å². The summed E-state index contributed by atoms with van der Waals surface area (Å²) >= 11 is 0. The Bertz CT molecular complexity index is 1020. The minimum absolute atomic E-state index is 0.126. The maximum atomic E-state index is 13.1. The van der Waals surface area contributed by atoms with Gasteiger partial charge >= 0.3 is 0 Å². The van der Waals surface area contributed by atoms with E-state index in [9.17, 15) is 18.0 Å². The molecule has 1 saturated heterocycles. The summed E-state index contributed by atoms with van der Waals surface area (Å²) in [7, 11) is -3.66.